The van der Waals surface area contributed by atoms with Crippen molar-refractivity contribution >= 4 is 45.7 Å². The maximum Gasteiger partial charge on any atom is 0.179 e. The van der Waals surface area contributed by atoms with Gasteiger partial charge in [0.1, 0.15) is 5.15 Å². The maximum absolute atomic E-state index is 5.91. The van der Waals surface area contributed by atoms with Gasteiger partial charge in [-0.15, -0.1) is 11.3 Å². The molecule has 0 saturated heterocycles. The van der Waals surface area contributed by atoms with Gasteiger partial charge in [-0.25, -0.2) is 9.97 Å². The van der Waals surface area contributed by atoms with E-state index in [1.54, 1.807) is 17.4 Å². The van der Waals surface area contributed by atoms with E-state index in [0.717, 1.165) is 16.2 Å². The van der Waals surface area contributed by atoms with E-state index in [-0.39, 0.29) is 5.15 Å². The Morgan fingerprint density at radius 3 is 2.82 bits per heavy atom. The number of rotatable bonds is 1. The van der Waals surface area contributed by atoms with Crippen molar-refractivity contribution in [1.82, 2.24) is 15.0 Å². The number of hydrogen-bond acceptors (Lipinski definition) is 3. The Bertz CT molecular complexity index is 663. The molecule has 0 fully saturated rings. The highest BCUT2D eigenvalue weighted by molar-refractivity contribution is 7.13. The SMILES string of the molecule is Cc1ccsc1-c1nc2nc(Cl)c(Cl)cc2[nH]1. The zero-order valence-corrected chi connectivity index (χ0v) is 11.1. The molecule has 0 unspecified atom stereocenters. The normalized spacial score (nSPS) is 11.2. The molecule has 17 heavy (non-hydrogen) atoms. The summed E-state index contributed by atoms with van der Waals surface area (Å²) in [6, 6.07) is 3.80. The van der Waals surface area contributed by atoms with Crippen LogP contribution in [0.15, 0.2) is 17.5 Å². The van der Waals surface area contributed by atoms with Gasteiger partial charge in [0.15, 0.2) is 11.5 Å². The summed E-state index contributed by atoms with van der Waals surface area (Å²) in [5, 5.41) is 2.74. The van der Waals surface area contributed by atoms with Crippen LogP contribution in [0.1, 0.15) is 5.56 Å². The summed E-state index contributed by atoms with van der Waals surface area (Å²) in [5.41, 5.74) is 2.57. The third-order valence-corrected chi connectivity index (χ3v) is 4.16. The molecule has 3 nitrogen and oxygen atoms in total. The van der Waals surface area contributed by atoms with E-state index in [4.69, 9.17) is 23.2 Å². The minimum absolute atomic E-state index is 0.278. The molecule has 0 aromatic carbocycles. The zero-order chi connectivity index (χ0) is 12.0. The lowest BCUT2D eigenvalue weighted by molar-refractivity contribution is 1.30. The zero-order valence-electron chi connectivity index (χ0n) is 8.79. The lowest BCUT2D eigenvalue weighted by atomic mass is 10.3. The van der Waals surface area contributed by atoms with Crippen molar-refractivity contribution in [3.8, 4) is 10.7 Å². The number of aromatic nitrogens is 3. The Kier molecular flexibility index (Phi) is 2.58. The molecule has 0 aliphatic heterocycles. The third kappa shape index (κ3) is 1.82. The molecule has 1 N–H and O–H groups in total. The first kappa shape index (κ1) is 11.0. The van der Waals surface area contributed by atoms with Crippen LogP contribution in [0, 0.1) is 6.92 Å². The minimum atomic E-state index is 0.278. The molecular weight excluding hydrogens is 277 g/mol. The summed E-state index contributed by atoms with van der Waals surface area (Å²) in [6.45, 7) is 2.05. The number of imidazole rings is 1. The quantitative estimate of drug-likeness (QED) is 0.677. The summed E-state index contributed by atoms with van der Waals surface area (Å²) in [5.74, 6) is 0.804. The topological polar surface area (TPSA) is 41.6 Å². The molecule has 3 aromatic rings. The third-order valence-electron chi connectivity index (χ3n) is 2.46. The van der Waals surface area contributed by atoms with E-state index >= 15 is 0 Å². The number of nitrogens with one attached hydrogen (secondary N) is 1. The second-order valence-corrected chi connectivity index (χ2v) is 5.33. The molecule has 0 radical (unpaired) electrons. The Balaban J connectivity index is 2.24. The molecule has 3 rings (SSSR count). The van der Waals surface area contributed by atoms with E-state index in [1.165, 1.54) is 5.56 Å². The van der Waals surface area contributed by atoms with Crippen molar-refractivity contribution in [3.63, 3.8) is 0 Å². The van der Waals surface area contributed by atoms with Crippen LogP contribution in [-0.2, 0) is 0 Å². The van der Waals surface area contributed by atoms with Crippen LogP contribution < -0.4 is 0 Å². The number of hydrogen-bond donors (Lipinski definition) is 1. The number of aryl methyl sites for hydroxylation is 1. The lowest BCUT2D eigenvalue weighted by Crippen LogP contribution is -1.79. The van der Waals surface area contributed by atoms with Crippen molar-refractivity contribution in [2.45, 2.75) is 6.92 Å². The highest BCUT2D eigenvalue weighted by atomic mass is 35.5. The maximum atomic E-state index is 5.91. The summed E-state index contributed by atoms with van der Waals surface area (Å²) >= 11 is 13.4. The molecule has 6 heteroatoms. The first-order chi connectivity index (χ1) is 8.15. The molecule has 0 spiro atoms. The molecule has 0 atom stereocenters. The van der Waals surface area contributed by atoms with Gasteiger partial charge in [0, 0.05) is 0 Å². The highest BCUT2D eigenvalue weighted by Crippen LogP contribution is 2.30. The second-order valence-electron chi connectivity index (χ2n) is 3.65. The van der Waals surface area contributed by atoms with Gasteiger partial charge >= 0.3 is 0 Å². The van der Waals surface area contributed by atoms with Crippen LogP contribution in [0.25, 0.3) is 21.9 Å². The van der Waals surface area contributed by atoms with Crippen LogP contribution in [0.5, 0.6) is 0 Å². The second kappa shape index (κ2) is 3.98. The predicted octanol–water partition coefficient (Wildman–Crippen LogP) is 4.30. The van der Waals surface area contributed by atoms with Crippen LogP contribution in [0.4, 0.5) is 0 Å². The van der Waals surface area contributed by atoms with E-state index < -0.39 is 0 Å². The van der Waals surface area contributed by atoms with Gasteiger partial charge in [0.05, 0.1) is 15.4 Å². The van der Waals surface area contributed by atoms with E-state index in [2.05, 4.69) is 21.0 Å². The number of fused-ring (bicyclic) bond motifs is 1. The number of H-pyrrole nitrogens is 1. The molecule has 86 valence electrons. The van der Waals surface area contributed by atoms with Crippen LogP contribution >= 0.6 is 34.5 Å². The molecule has 0 aliphatic rings. The van der Waals surface area contributed by atoms with Gasteiger partial charge in [-0.2, -0.15) is 0 Å². The lowest BCUT2D eigenvalue weighted by Gasteiger charge is -1.92. The summed E-state index contributed by atoms with van der Waals surface area (Å²) in [6.07, 6.45) is 0. The Morgan fingerprint density at radius 1 is 1.29 bits per heavy atom. The van der Waals surface area contributed by atoms with Gasteiger partial charge in [-0.1, -0.05) is 23.2 Å². The van der Waals surface area contributed by atoms with E-state index in [9.17, 15) is 0 Å². The summed E-state index contributed by atoms with van der Waals surface area (Å²) in [4.78, 5) is 12.9. The summed E-state index contributed by atoms with van der Waals surface area (Å²) < 4.78 is 0. The largest absolute Gasteiger partial charge is 0.336 e. The highest BCUT2D eigenvalue weighted by Gasteiger charge is 2.11. The standard InChI is InChI=1S/C11H7Cl2N3S/c1-5-2-3-17-8(5)11-14-7-4-6(12)9(13)15-10(7)16-11/h2-4H,1H3,(H,14,15,16). The fraction of sp³-hybridized carbons (Fsp3) is 0.0909. The van der Waals surface area contributed by atoms with Gasteiger partial charge in [0.2, 0.25) is 0 Å². The van der Waals surface area contributed by atoms with Crippen molar-refractivity contribution < 1.29 is 0 Å². The molecule has 0 amide bonds. The van der Waals surface area contributed by atoms with Crippen molar-refractivity contribution in [1.29, 1.82) is 0 Å². The Morgan fingerprint density at radius 2 is 2.12 bits per heavy atom. The Labute approximate surface area is 111 Å². The fourth-order valence-electron chi connectivity index (χ4n) is 1.62. The number of aromatic amines is 1. The average Bonchev–Trinajstić information content (AvgIpc) is 2.85. The van der Waals surface area contributed by atoms with E-state index in [0.29, 0.717) is 10.7 Å². The minimum Gasteiger partial charge on any atom is -0.336 e. The monoisotopic (exact) mass is 283 g/mol. The molecule has 3 heterocycles. The van der Waals surface area contributed by atoms with Crippen LogP contribution in [0.3, 0.4) is 0 Å². The number of halogens is 2. The number of nitrogens with zero attached hydrogens (tertiary/aromatic N) is 2. The fourth-order valence-corrected chi connectivity index (χ4v) is 2.78. The Hall–Kier alpha value is -1.10. The smallest absolute Gasteiger partial charge is 0.179 e. The number of pyridine rings is 1. The molecule has 3 aromatic heterocycles. The molecule has 0 saturated carbocycles. The van der Waals surface area contributed by atoms with E-state index in [1.807, 2.05) is 12.3 Å². The van der Waals surface area contributed by atoms with Gasteiger partial charge in [0.25, 0.3) is 0 Å². The van der Waals surface area contributed by atoms with Gasteiger partial charge < -0.3 is 4.98 Å². The first-order valence-corrected chi connectivity index (χ1v) is 6.55. The van der Waals surface area contributed by atoms with Crippen molar-refractivity contribution in [3.05, 3.63) is 33.3 Å². The molecular formula is C11H7Cl2N3S. The van der Waals surface area contributed by atoms with Crippen molar-refractivity contribution in [2.75, 3.05) is 0 Å². The van der Waals surface area contributed by atoms with Crippen LogP contribution in [0.2, 0.25) is 10.2 Å². The predicted molar refractivity (Wildman–Crippen MR) is 72.0 cm³/mol. The van der Waals surface area contributed by atoms with Gasteiger partial charge in [-0.3, -0.25) is 0 Å². The first-order valence-electron chi connectivity index (χ1n) is 4.91. The van der Waals surface area contributed by atoms with Gasteiger partial charge in [-0.05, 0) is 30.0 Å². The average molecular weight is 284 g/mol. The number of thiophene rings is 1. The van der Waals surface area contributed by atoms with Crippen molar-refractivity contribution in [2.24, 2.45) is 0 Å². The van der Waals surface area contributed by atoms with Crippen LogP contribution in [-0.4, -0.2) is 15.0 Å². The molecule has 0 aliphatic carbocycles. The molecule has 0 bridgehead atoms. The summed E-state index contributed by atoms with van der Waals surface area (Å²) in [7, 11) is 0.